The van der Waals surface area contributed by atoms with E-state index in [0.717, 1.165) is 0 Å². The fourth-order valence-corrected chi connectivity index (χ4v) is 3.41. The molecule has 28 heavy (non-hydrogen) atoms. The zero-order valence-corrected chi connectivity index (χ0v) is 17.9. The number of aryl methyl sites for hydroxylation is 1. The normalized spacial score (nSPS) is 10.6. The number of nitrogens with zero attached hydrogens (tertiary/aromatic N) is 3. The first-order valence-electron chi connectivity index (χ1n) is 8.02. The molecule has 0 saturated carbocycles. The number of nitrogens with one attached hydrogen (secondary N) is 2. The van der Waals surface area contributed by atoms with Crippen molar-refractivity contribution in [2.24, 2.45) is 0 Å². The third-order valence-corrected chi connectivity index (χ3v) is 4.66. The summed E-state index contributed by atoms with van der Waals surface area (Å²) in [4.78, 5) is 29.4. The third-order valence-electron chi connectivity index (χ3n) is 3.84. The van der Waals surface area contributed by atoms with Crippen LogP contribution in [0.1, 0.15) is 26.4 Å². The molecule has 2 heterocycles. The van der Waals surface area contributed by atoms with Gasteiger partial charge in [-0.05, 0) is 52.7 Å². The smallest absolute Gasteiger partial charge is 0.274 e. The van der Waals surface area contributed by atoms with E-state index in [1.54, 1.807) is 37.3 Å². The minimum absolute atomic E-state index is 0.207. The SMILES string of the molecule is CNC(=O)c1cc(Cl)cc(C)c1NC(=O)c1cc(Br)nn1-c1cccc(Cl)n1. The van der Waals surface area contributed by atoms with E-state index >= 15 is 0 Å². The summed E-state index contributed by atoms with van der Waals surface area (Å²) in [7, 11) is 1.50. The lowest BCUT2D eigenvalue weighted by Crippen LogP contribution is -2.23. The second-order valence-corrected chi connectivity index (χ2v) is 7.40. The van der Waals surface area contributed by atoms with E-state index in [1.807, 2.05) is 0 Å². The van der Waals surface area contributed by atoms with Gasteiger partial charge < -0.3 is 10.6 Å². The van der Waals surface area contributed by atoms with Gasteiger partial charge >= 0.3 is 0 Å². The van der Waals surface area contributed by atoms with Crippen molar-refractivity contribution in [1.29, 1.82) is 0 Å². The first-order chi connectivity index (χ1) is 13.3. The number of rotatable bonds is 4. The van der Waals surface area contributed by atoms with Crippen LogP contribution in [0.4, 0.5) is 5.69 Å². The minimum atomic E-state index is -0.476. The van der Waals surface area contributed by atoms with Gasteiger partial charge in [0.2, 0.25) is 0 Å². The molecule has 0 aliphatic carbocycles. The Kier molecular flexibility index (Phi) is 6.02. The number of hydrogen-bond acceptors (Lipinski definition) is 4. The van der Waals surface area contributed by atoms with Gasteiger partial charge in [0, 0.05) is 18.1 Å². The van der Waals surface area contributed by atoms with Crippen LogP contribution in [0.3, 0.4) is 0 Å². The Labute approximate surface area is 179 Å². The van der Waals surface area contributed by atoms with Crippen molar-refractivity contribution in [3.63, 3.8) is 0 Å². The molecule has 0 atom stereocenters. The molecule has 2 N–H and O–H groups in total. The highest BCUT2D eigenvalue weighted by atomic mass is 79.9. The first kappa shape index (κ1) is 20.3. The summed E-state index contributed by atoms with van der Waals surface area (Å²) in [6, 6.07) is 9.70. The van der Waals surface area contributed by atoms with Gasteiger partial charge in [0.1, 0.15) is 15.5 Å². The van der Waals surface area contributed by atoms with Crippen LogP contribution in [-0.2, 0) is 0 Å². The molecule has 0 fully saturated rings. The van der Waals surface area contributed by atoms with E-state index in [0.29, 0.717) is 26.7 Å². The molecule has 0 bridgehead atoms. The maximum absolute atomic E-state index is 13.0. The molecule has 2 amide bonds. The quantitative estimate of drug-likeness (QED) is 0.544. The number of anilines is 1. The summed E-state index contributed by atoms with van der Waals surface area (Å²) in [6.07, 6.45) is 0. The van der Waals surface area contributed by atoms with E-state index in [2.05, 4.69) is 36.6 Å². The molecule has 10 heteroatoms. The predicted molar refractivity (Wildman–Crippen MR) is 112 cm³/mol. The number of aromatic nitrogens is 3. The molecule has 3 aromatic rings. The molecule has 0 aliphatic heterocycles. The summed E-state index contributed by atoms with van der Waals surface area (Å²) >= 11 is 15.3. The van der Waals surface area contributed by atoms with Crippen LogP contribution >= 0.6 is 39.1 Å². The van der Waals surface area contributed by atoms with Gasteiger partial charge in [-0.15, -0.1) is 0 Å². The second-order valence-electron chi connectivity index (χ2n) is 5.76. The Morgan fingerprint density at radius 2 is 1.89 bits per heavy atom. The second kappa shape index (κ2) is 8.30. The van der Waals surface area contributed by atoms with E-state index in [1.165, 1.54) is 17.8 Å². The molecule has 3 rings (SSSR count). The molecular formula is C18H14BrCl2N5O2. The van der Waals surface area contributed by atoms with E-state index in [4.69, 9.17) is 23.2 Å². The lowest BCUT2D eigenvalue weighted by atomic mass is 10.1. The van der Waals surface area contributed by atoms with Gasteiger partial charge in [0.05, 0.1) is 11.3 Å². The van der Waals surface area contributed by atoms with Crippen molar-refractivity contribution in [2.45, 2.75) is 6.92 Å². The maximum Gasteiger partial charge on any atom is 0.274 e. The topological polar surface area (TPSA) is 88.9 Å². The molecule has 2 aromatic heterocycles. The van der Waals surface area contributed by atoms with Crippen LogP contribution in [-0.4, -0.2) is 33.6 Å². The number of carbonyl (C=O) groups excluding carboxylic acids is 2. The Morgan fingerprint density at radius 3 is 2.57 bits per heavy atom. The largest absolute Gasteiger partial charge is 0.355 e. The average Bonchev–Trinajstić information content (AvgIpc) is 3.05. The molecule has 0 spiro atoms. The van der Waals surface area contributed by atoms with Crippen molar-refractivity contribution >= 4 is 56.6 Å². The lowest BCUT2D eigenvalue weighted by molar-refractivity contribution is 0.0964. The zero-order chi connectivity index (χ0) is 20.4. The summed E-state index contributed by atoms with van der Waals surface area (Å²) in [5.74, 6) is -0.467. The van der Waals surface area contributed by atoms with Crippen molar-refractivity contribution in [3.05, 3.63) is 68.0 Å². The molecule has 0 unspecified atom stereocenters. The maximum atomic E-state index is 13.0. The van der Waals surface area contributed by atoms with Crippen LogP contribution in [0.25, 0.3) is 5.82 Å². The summed E-state index contributed by atoms with van der Waals surface area (Å²) in [6.45, 7) is 1.75. The van der Waals surface area contributed by atoms with Crippen molar-refractivity contribution in [3.8, 4) is 5.82 Å². The van der Waals surface area contributed by atoms with Crippen LogP contribution in [0.5, 0.6) is 0 Å². The van der Waals surface area contributed by atoms with E-state index < -0.39 is 5.91 Å². The number of hydrogen-bond donors (Lipinski definition) is 2. The number of amides is 2. The molecule has 0 radical (unpaired) electrons. The number of halogens is 3. The summed E-state index contributed by atoms with van der Waals surface area (Å²) in [5, 5.41) is 10.2. The van der Waals surface area contributed by atoms with Gasteiger partial charge in [-0.25, -0.2) is 9.67 Å². The average molecular weight is 483 g/mol. The molecule has 144 valence electrons. The molecule has 0 saturated heterocycles. The van der Waals surface area contributed by atoms with Gasteiger partial charge in [-0.2, -0.15) is 5.10 Å². The van der Waals surface area contributed by atoms with Crippen molar-refractivity contribution in [1.82, 2.24) is 20.1 Å². The zero-order valence-electron chi connectivity index (χ0n) is 14.8. The Morgan fingerprint density at radius 1 is 1.14 bits per heavy atom. The first-order valence-corrected chi connectivity index (χ1v) is 9.57. The number of carbonyl (C=O) groups is 2. The highest BCUT2D eigenvalue weighted by molar-refractivity contribution is 9.10. The van der Waals surface area contributed by atoms with Crippen LogP contribution in [0, 0.1) is 6.92 Å². The van der Waals surface area contributed by atoms with Crippen LogP contribution in [0.2, 0.25) is 10.2 Å². The van der Waals surface area contributed by atoms with Gasteiger partial charge in [-0.3, -0.25) is 9.59 Å². The Bertz CT molecular complexity index is 1080. The van der Waals surface area contributed by atoms with E-state index in [9.17, 15) is 9.59 Å². The standard InChI is InChI=1S/C18H14BrCl2N5O2/c1-9-6-10(20)7-11(17(27)22-2)16(9)24-18(28)12-8-13(19)25-26(12)15-5-3-4-14(21)23-15/h3-8H,1-2H3,(H,22,27)(H,24,28). The molecule has 1 aromatic carbocycles. The molecule has 0 aliphatic rings. The highest BCUT2D eigenvalue weighted by Gasteiger charge is 2.21. The third kappa shape index (κ3) is 4.19. The minimum Gasteiger partial charge on any atom is -0.355 e. The fraction of sp³-hybridized carbons (Fsp3) is 0.111. The van der Waals surface area contributed by atoms with Gasteiger partial charge in [0.15, 0.2) is 5.82 Å². The van der Waals surface area contributed by atoms with Crippen molar-refractivity contribution < 1.29 is 9.59 Å². The lowest BCUT2D eigenvalue weighted by Gasteiger charge is -2.14. The molecule has 7 nitrogen and oxygen atoms in total. The summed E-state index contributed by atoms with van der Waals surface area (Å²) < 4.78 is 1.80. The van der Waals surface area contributed by atoms with Crippen LogP contribution < -0.4 is 10.6 Å². The van der Waals surface area contributed by atoms with Gasteiger partial charge in [-0.1, -0.05) is 29.3 Å². The van der Waals surface area contributed by atoms with E-state index in [-0.39, 0.29) is 22.3 Å². The monoisotopic (exact) mass is 481 g/mol. The van der Waals surface area contributed by atoms with Crippen LogP contribution in [0.15, 0.2) is 41.0 Å². The Hall–Kier alpha value is -2.42. The number of benzene rings is 1. The fourth-order valence-electron chi connectivity index (χ4n) is 2.60. The molecular weight excluding hydrogens is 469 g/mol. The summed E-state index contributed by atoms with van der Waals surface area (Å²) in [5.41, 5.74) is 1.47. The van der Waals surface area contributed by atoms with Crippen molar-refractivity contribution in [2.75, 3.05) is 12.4 Å². The number of pyridine rings is 1. The Balaban J connectivity index is 2.03. The van der Waals surface area contributed by atoms with Gasteiger partial charge in [0.25, 0.3) is 11.8 Å². The predicted octanol–water partition coefficient (Wildman–Crippen LogP) is 4.26. The highest BCUT2D eigenvalue weighted by Crippen LogP contribution is 2.27.